The summed E-state index contributed by atoms with van der Waals surface area (Å²) in [5, 5.41) is 6.62. The van der Waals surface area contributed by atoms with Crippen molar-refractivity contribution >= 4 is 27.5 Å². The Kier molecular flexibility index (Phi) is 4.34. The van der Waals surface area contributed by atoms with E-state index in [-0.39, 0.29) is 12.3 Å². The van der Waals surface area contributed by atoms with E-state index in [9.17, 15) is 4.79 Å². The molecule has 0 saturated heterocycles. The summed E-state index contributed by atoms with van der Waals surface area (Å²) < 4.78 is 11.2. The molecule has 2 aromatic heterocycles. The van der Waals surface area contributed by atoms with Crippen molar-refractivity contribution in [2.45, 2.75) is 12.8 Å². The van der Waals surface area contributed by atoms with Crippen molar-refractivity contribution in [1.82, 2.24) is 10.1 Å². The van der Waals surface area contributed by atoms with Crippen molar-refractivity contribution in [3.8, 4) is 11.6 Å². The molecule has 1 amide bonds. The molecular formula is C15H12BrN3O3. The topological polar surface area (TPSA) is 81.2 Å². The van der Waals surface area contributed by atoms with E-state index in [4.69, 9.17) is 8.94 Å². The summed E-state index contributed by atoms with van der Waals surface area (Å²) in [6.45, 7) is 0. The Morgan fingerprint density at radius 2 is 2.05 bits per heavy atom. The monoisotopic (exact) mass is 361 g/mol. The quantitative estimate of drug-likeness (QED) is 0.749. The third-order valence-electron chi connectivity index (χ3n) is 2.90. The largest absolute Gasteiger partial charge is 0.461 e. The Hall–Kier alpha value is -2.41. The van der Waals surface area contributed by atoms with Crippen LogP contribution in [-0.4, -0.2) is 16.0 Å². The maximum atomic E-state index is 11.9. The molecule has 7 heteroatoms. The van der Waals surface area contributed by atoms with Crippen molar-refractivity contribution in [3.05, 3.63) is 53.0 Å². The second-order valence-corrected chi connectivity index (χ2v) is 5.46. The normalized spacial score (nSPS) is 10.6. The molecule has 0 saturated carbocycles. The van der Waals surface area contributed by atoms with Gasteiger partial charge >= 0.3 is 0 Å². The number of hydrogen-bond acceptors (Lipinski definition) is 5. The van der Waals surface area contributed by atoms with Gasteiger partial charge in [-0.25, -0.2) is 0 Å². The standard InChI is InChI=1S/C15H12BrN3O3/c16-10-3-5-11(6-4-10)17-13(20)7-8-14-18-15(19-22-14)12-2-1-9-21-12/h1-6,9H,7-8H2,(H,17,20). The summed E-state index contributed by atoms with van der Waals surface area (Å²) >= 11 is 3.34. The van der Waals surface area contributed by atoms with E-state index < -0.39 is 0 Å². The molecule has 0 atom stereocenters. The minimum absolute atomic E-state index is 0.111. The lowest BCUT2D eigenvalue weighted by Crippen LogP contribution is -2.12. The molecule has 0 aliphatic rings. The molecule has 0 radical (unpaired) electrons. The molecule has 3 rings (SSSR count). The average Bonchev–Trinajstić information content (AvgIpc) is 3.18. The second-order valence-electron chi connectivity index (χ2n) is 4.54. The van der Waals surface area contributed by atoms with Gasteiger partial charge in [-0.3, -0.25) is 4.79 Å². The number of halogens is 1. The maximum Gasteiger partial charge on any atom is 0.238 e. The van der Waals surface area contributed by atoms with Crippen LogP contribution >= 0.6 is 15.9 Å². The highest BCUT2D eigenvalue weighted by Gasteiger charge is 2.12. The Labute approximate surface area is 134 Å². The number of nitrogens with one attached hydrogen (secondary N) is 1. The second kappa shape index (κ2) is 6.57. The number of benzene rings is 1. The van der Waals surface area contributed by atoms with Crippen molar-refractivity contribution in [1.29, 1.82) is 0 Å². The smallest absolute Gasteiger partial charge is 0.238 e. The number of amides is 1. The van der Waals surface area contributed by atoms with Crippen LogP contribution in [0.1, 0.15) is 12.3 Å². The van der Waals surface area contributed by atoms with Crippen LogP contribution in [0.15, 0.2) is 56.1 Å². The van der Waals surface area contributed by atoms with Gasteiger partial charge in [-0.05, 0) is 36.4 Å². The van der Waals surface area contributed by atoms with Crippen molar-refractivity contribution in [2.24, 2.45) is 0 Å². The van der Waals surface area contributed by atoms with Crippen molar-refractivity contribution < 1.29 is 13.7 Å². The molecule has 1 aromatic carbocycles. The van der Waals surface area contributed by atoms with Gasteiger partial charge in [0, 0.05) is 23.0 Å². The zero-order valence-corrected chi connectivity index (χ0v) is 13.0. The number of aromatic nitrogens is 2. The molecule has 0 unspecified atom stereocenters. The lowest BCUT2D eigenvalue weighted by molar-refractivity contribution is -0.116. The molecule has 22 heavy (non-hydrogen) atoms. The van der Waals surface area contributed by atoms with Crippen LogP contribution in [0.25, 0.3) is 11.6 Å². The summed E-state index contributed by atoms with van der Waals surface area (Å²) in [5.41, 5.74) is 0.745. The molecule has 0 aliphatic carbocycles. The number of nitrogens with zero attached hydrogens (tertiary/aromatic N) is 2. The number of aryl methyl sites for hydroxylation is 1. The van der Waals surface area contributed by atoms with Gasteiger partial charge < -0.3 is 14.3 Å². The van der Waals surface area contributed by atoms with Crippen LogP contribution in [0.5, 0.6) is 0 Å². The highest BCUT2D eigenvalue weighted by Crippen LogP contribution is 2.17. The van der Waals surface area contributed by atoms with E-state index in [2.05, 4.69) is 31.4 Å². The van der Waals surface area contributed by atoms with E-state index >= 15 is 0 Å². The number of rotatable bonds is 5. The van der Waals surface area contributed by atoms with Crippen LogP contribution in [0.3, 0.4) is 0 Å². The first-order valence-electron chi connectivity index (χ1n) is 6.62. The fraction of sp³-hybridized carbons (Fsp3) is 0.133. The van der Waals surface area contributed by atoms with E-state index in [1.165, 1.54) is 6.26 Å². The molecule has 0 spiro atoms. The highest BCUT2D eigenvalue weighted by atomic mass is 79.9. The SMILES string of the molecule is O=C(CCc1nc(-c2ccco2)no1)Nc1ccc(Br)cc1. The maximum absolute atomic E-state index is 11.9. The molecular weight excluding hydrogens is 350 g/mol. The van der Waals surface area contributed by atoms with Crippen LogP contribution in [0.4, 0.5) is 5.69 Å². The Balaban J connectivity index is 1.54. The molecule has 0 fully saturated rings. The molecule has 112 valence electrons. The van der Waals surface area contributed by atoms with Crippen LogP contribution < -0.4 is 5.32 Å². The molecule has 0 aliphatic heterocycles. The van der Waals surface area contributed by atoms with Gasteiger partial charge in [0.2, 0.25) is 17.6 Å². The van der Waals surface area contributed by atoms with Gasteiger partial charge in [0.1, 0.15) is 0 Å². The predicted molar refractivity (Wildman–Crippen MR) is 83.1 cm³/mol. The molecule has 2 heterocycles. The number of carbonyl (C=O) groups excluding carboxylic acids is 1. The van der Waals surface area contributed by atoms with Gasteiger partial charge in [0.25, 0.3) is 0 Å². The number of hydrogen-bond donors (Lipinski definition) is 1. The minimum Gasteiger partial charge on any atom is -0.461 e. The first kappa shape index (κ1) is 14.5. The van der Waals surface area contributed by atoms with Crippen LogP contribution in [0, 0.1) is 0 Å². The third kappa shape index (κ3) is 3.62. The van der Waals surface area contributed by atoms with Gasteiger partial charge in [0.05, 0.1) is 6.26 Å². The first-order valence-corrected chi connectivity index (χ1v) is 7.42. The minimum atomic E-state index is -0.111. The molecule has 0 bridgehead atoms. The third-order valence-corrected chi connectivity index (χ3v) is 3.43. The summed E-state index contributed by atoms with van der Waals surface area (Å²) in [6.07, 6.45) is 2.17. The van der Waals surface area contributed by atoms with Gasteiger partial charge in [-0.15, -0.1) is 0 Å². The molecule has 1 N–H and O–H groups in total. The Bertz CT molecular complexity index is 751. The highest BCUT2D eigenvalue weighted by molar-refractivity contribution is 9.10. The molecule has 3 aromatic rings. The summed E-state index contributed by atoms with van der Waals surface area (Å²) in [6, 6.07) is 10.9. The predicted octanol–water partition coefficient (Wildman–Crippen LogP) is 3.66. The fourth-order valence-electron chi connectivity index (χ4n) is 1.84. The zero-order chi connectivity index (χ0) is 15.4. The van der Waals surface area contributed by atoms with Crippen molar-refractivity contribution in [3.63, 3.8) is 0 Å². The van der Waals surface area contributed by atoms with Gasteiger partial charge in [-0.2, -0.15) is 4.98 Å². The van der Waals surface area contributed by atoms with Gasteiger partial charge in [0.15, 0.2) is 5.76 Å². The Morgan fingerprint density at radius 3 is 2.77 bits per heavy atom. The molecule has 6 nitrogen and oxygen atoms in total. The summed E-state index contributed by atoms with van der Waals surface area (Å²) in [7, 11) is 0. The number of anilines is 1. The summed E-state index contributed by atoms with van der Waals surface area (Å²) in [4.78, 5) is 16.1. The first-order chi connectivity index (χ1) is 10.7. The zero-order valence-electron chi connectivity index (χ0n) is 11.5. The number of carbonyl (C=O) groups is 1. The average molecular weight is 362 g/mol. The van der Waals surface area contributed by atoms with E-state index in [1.807, 2.05) is 24.3 Å². The summed E-state index contributed by atoms with van der Waals surface area (Å²) in [5.74, 6) is 1.21. The van der Waals surface area contributed by atoms with E-state index in [0.29, 0.717) is 23.9 Å². The van der Waals surface area contributed by atoms with E-state index in [0.717, 1.165) is 10.2 Å². The van der Waals surface area contributed by atoms with E-state index in [1.54, 1.807) is 12.1 Å². The number of furan rings is 1. The van der Waals surface area contributed by atoms with Gasteiger partial charge in [-0.1, -0.05) is 21.1 Å². The fourth-order valence-corrected chi connectivity index (χ4v) is 2.10. The Morgan fingerprint density at radius 1 is 1.23 bits per heavy atom. The van der Waals surface area contributed by atoms with Crippen LogP contribution in [-0.2, 0) is 11.2 Å². The van der Waals surface area contributed by atoms with Crippen LogP contribution in [0.2, 0.25) is 0 Å². The van der Waals surface area contributed by atoms with Crippen molar-refractivity contribution in [2.75, 3.05) is 5.32 Å². The lowest BCUT2D eigenvalue weighted by Gasteiger charge is -2.03. The lowest BCUT2D eigenvalue weighted by atomic mass is 10.2.